The molecule has 0 atom stereocenters. The monoisotopic (exact) mass is 476 g/mol. The predicted octanol–water partition coefficient (Wildman–Crippen LogP) is 4.26. The third kappa shape index (κ3) is 5.20. The maximum atomic E-state index is 11.2. The highest BCUT2D eigenvalue weighted by Crippen LogP contribution is 2.35. The third-order valence-electron chi connectivity index (χ3n) is 3.09. The predicted molar refractivity (Wildman–Crippen MR) is 103 cm³/mol. The first-order valence-corrected chi connectivity index (χ1v) is 10.3. The zero-order valence-electron chi connectivity index (χ0n) is 13.2. The fourth-order valence-corrected chi connectivity index (χ4v) is 4.01. The summed E-state index contributed by atoms with van der Waals surface area (Å²) in [5.74, 6) is 0.770. The van der Waals surface area contributed by atoms with Crippen LogP contribution in [0, 0.1) is 0 Å². The molecule has 130 valence electrons. The van der Waals surface area contributed by atoms with Gasteiger partial charge >= 0.3 is 0 Å². The van der Waals surface area contributed by atoms with E-state index in [0.29, 0.717) is 6.54 Å². The molecule has 0 spiro atoms. The van der Waals surface area contributed by atoms with Crippen LogP contribution < -0.4 is 15.2 Å². The number of benzene rings is 2. The van der Waals surface area contributed by atoms with Crippen LogP contribution in [0.3, 0.4) is 0 Å². The molecule has 0 saturated heterocycles. The van der Waals surface area contributed by atoms with Gasteiger partial charge in [0.1, 0.15) is 5.75 Å². The van der Waals surface area contributed by atoms with Crippen LogP contribution in [0.5, 0.6) is 5.75 Å². The van der Waals surface area contributed by atoms with E-state index in [-0.39, 0.29) is 11.0 Å². The topological polar surface area (TPSA) is 81.4 Å². The van der Waals surface area contributed by atoms with Crippen molar-refractivity contribution in [1.29, 1.82) is 0 Å². The molecule has 0 aliphatic heterocycles. The summed E-state index contributed by atoms with van der Waals surface area (Å²) in [6.07, 6.45) is 0.0823. The highest BCUT2D eigenvalue weighted by Gasteiger charge is 2.11. The maximum Gasteiger partial charge on any atom is 0.238 e. The lowest BCUT2D eigenvalue weighted by atomic mass is 10.2. The smallest absolute Gasteiger partial charge is 0.238 e. The van der Waals surface area contributed by atoms with Crippen LogP contribution in [0.25, 0.3) is 0 Å². The Bertz CT molecular complexity index is 799. The molecule has 5 nitrogen and oxygen atoms in total. The second-order valence-electron chi connectivity index (χ2n) is 5.48. The van der Waals surface area contributed by atoms with Crippen LogP contribution in [0.1, 0.15) is 19.4 Å². The van der Waals surface area contributed by atoms with Crippen LogP contribution in [0.4, 0.5) is 5.69 Å². The summed E-state index contributed by atoms with van der Waals surface area (Å²) in [6, 6.07) is 10.3. The Hall–Kier alpha value is -1.09. The molecule has 3 N–H and O–H groups in total. The number of primary sulfonamides is 1. The van der Waals surface area contributed by atoms with Crippen molar-refractivity contribution in [2.75, 3.05) is 5.32 Å². The maximum absolute atomic E-state index is 11.2. The summed E-state index contributed by atoms with van der Waals surface area (Å²) in [6.45, 7) is 4.52. The average Bonchev–Trinajstić information content (AvgIpc) is 2.48. The van der Waals surface area contributed by atoms with Crippen molar-refractivity contribution < 1.29 is 13.2 Å². The Labute approximate surface area is 158 Å². The number of nitrogens with one attached hydrogen (secondary N) is 1. The fraction of sp³-hybridized carbons (Fsp3) is 0.250. The standard InChI is InChI=1S/C16H18Br2N2O3S/c1-10(2)23-16-14(17)7-11(8-15(16)18)9-20-12-3-5-13(6-4-12)24(19,21)22/h3-8,10,20H,9H2,1-2H3,(H2,19,21,22). The number of ether oxygens (including phenoxy) is 1. The lowest BCUT2D eigenvalue weighted by Crippen LogP contribution is -2.12. The molecular formula is C16H18Br2N2O3S. The number of sulfonamides is 1. The lowest BCUT2D eigenvalue weighted by Gasteiger charge is -2.15. The number of hydrogen-bond acceptors (Lipinski definition) is 4. The summed E-state index contributed by atoms with van der Waals surface area (Å²) < 4.78 is 30.0. The number of halogens is 2. The quantitative estimate of drug-likeness (QED) is 0.651. The molecule has 8 heteroatoms. The van der Waals surface area contributed by atoms with Gasteiger partial charge in [0.05, 0.1) is 19.9 Å². The Morgan fingerprint density at radius 1 is 1.12 bits per heavy atom. The molecule has 0 aliphatic carbocycles. The van der Waals surface area contributed by atoms with E-state index in [4.69, 9.17) is 9.88 Å². The van der Waals surface area contributed by atoms with Gasteiger partial charge in [-0.2, -0.15) is 0 Å². The number of hydrogen-bond donors (Lipinski definition) is 2. The molecule has 0 bridgehead atoms. The van der Waals surface area contributed by atoms with Gasteiger partial charge in [-0.3, -0.25) is 0 Å². The van der Waals surface area contributed by atoms with Crippen LogP contribution in [-0.4, -0.2) is 14.5 Å². The van der Waals surface area contributed by atoms with Gasteiger partial charge in [0.25, 0.3) is 0 Å². The second-order valence-corrected chi connectivity index (χ2v) is 8.75. The molecule has 0 aromatic heterocycles. The van der Waals surface area contributed by atoms with E-state index in [0.717, 1.165) is 25.9 Å². The van der Waals surface area contributed by atoms with Crippen LogP contribution in [0.2, 0.25) is 0 Å². The van der Waals surface area contributed by atoms with Gasteiger partial charge in [-0.15, -0.1) is 0 Å². The van der Waals surface area contributed by atoms with E-state index in [2.05, 4.69) is 37.2 Å². The Morgan fingerprint density at radius 2 is 1.67 bits per heavy atom. The molecule has 0 radical (unpaired) electrons. The van der Waals surface area contributed by atoms with Crippen LogP contribution in [-0.2, 0) is 16.6 Å². The largest absolute Gasteiger partial charge is 0.489 e. The molecule has 0 aliphatic rings. The van der Waals surface area contributed by atoms with E-state index in [9.17, 15) is 8.42 Å². The molecule has 24 heavy (non-hydrogen) atoms. The molecule has 0 saturated carbocycles. The number of nitrogens with two attached hydrogens (primary N) is 1. The first-order chi connectivity index (χ1) is 11.2. The molecule has 0 unspecified atom stereocenters. The van der Waals surface area contributed by atoms with Crippen LogP contribution in [0.15, 0.2) is 50.2 Å². The first-order valence-electron chi connectivity index (χ1n) is 7.18. The van der Waals surface area contributed by atoms with Crippen molar-refractivity contribution in [2.45, 2.75) is 31.4 Å². The fourth-order valence-electron chi connectivity index (χ4n) is 2.03. The molecule has 2 rings (SSSR count). The van der Waals surface area contributed by atoms with Crippen molar-refractivity contribution >= 4 is 47.6 Å². The summed E-state index contributed by atoms with van der Waals surface area (Å²) in [7, 11) is -3.67. The van der Waals surface area contributed by atoms with Gasteiger partial charge in [0.2, 0.25) is 10.0 Å². The van der Waals surface area contributed by atoms with Crippen molar-refractivity contribution in [3.8, 4) is 5.75 Å². The third-order valence-corrected chi connectivity index (χ3v) is 5.20. The Morgan fingerprint density at radius 3 is 2.12 bits per heavy atom. The van der Waals surface area contributed by atoms with Crippen molar-refractivity contribution in [2.24, 2.45) is 5.14 Å². The highest BCUT2D eigenvalue weighted by molar-refractivity contribution is 9.11. The highest BCUT2D eigenvalue weighted by atomic mass is 79.9. The lowest BCUT2D eigenvalue weighted by molar-refractivity contribution is 0.239. The Kier molecular flexibility index (Phi) is 6.30. The van der Waals surface area contributed by atoms with Gasteiger partial charge in [-0.25, -0.2) is 13.6 Å². The van der Waals surface area contributed by atoms with Crippen molar-refractivity contribution in [3.05, 3.63) is 50.9 Å². The van der Waals surface area contributed by atoms with E-state index in [1.54, 1.807) is 12.1 Å². The van der Waals surface area contributed by atoms with Gasteiger partial charge < -0.3 is 10.1 Å². The van der Waals surface area contributed by atoms with E-state index in [1.807, 2.05) is 26.0 Å². The molecular weight excluding hydrogens is 460 g/mol. The molecule has 2 aromatic rings. The van der Waals surface area contributed by atoms with E-state index >= 15 is 0 Å². The summed E-state index contributed by atoms with van der Waals surface area (Å²) in [5, 5.41) is 8.32. The molecule has 0 amide bonds. The minimum atomic E-state index is -3.67. The van der Waals surface area contributed by atoms with Crippen LogP contribution >= 0.6 is 31.9 Å². The zero-order chi connectivity index (χ0) is 17.9. The SMILES string of the molecule is CC(C)Oc1c(Br)cc(CNc2ccc(S(N)(=O)=O)cc2)cc1Br. The van der Waals surface area contributed by atoms with Gasteiger partial charge in [0, 0.05) is 12.2 Å². The van der Waals surface area contributed by atoms with Crippen molar-refractivity contribution in [3.63, 3.8) is 0 Å². The minimum Gasteiger partial charge on any atom is -0.489 e. The van der Waals surface area contributed by atoms with Crippen molar-refractivity contribution in [1.82, 2.24) is 0 Å². The second kappa shape index (κ2) is 7.86. The normalized spacial score (nSPS) is 11.6. The molecule has 0 heterocycles. The van der Waals surface area contributed by atoms with Gasteiger partial charge in [0.15, 0.2) is 0 Å². The Balaban J connectivity index is 2.09. The minimum absolute atomic E-state index is 0.0823. The molecule has 0 fully saturated rings. The van der Waals surface area contributed by atoms with E-state index in [1.165, 1.54) is 12.1 Å². The summed E-state index contributed by atoms with van der Waals surface area (Å²) in [5.41, 5.74) is 1.84. The van der Waals surface area contributed by atoms with Gasteiger partial charge in [-0.1, -0.05) is 0 Å². The zero-order valence-corrected chi connectivity index (χ0v) is 17.2. The van der Waals surface area contributed by atoms with Gasteiger partial charge in [-0.05, 0) is 87.7 Å². The number of anilines is 1. The summed E-state index contributed by atoms with van der Waals surface area (Å²) >= 11 is 7.04. The number of rotatable bonds is 6. The summed E-state index contributed by atoms with van der Waals surface area (Å²) in [4.78, 5) is 0.0914. The van der Waals surface area contributed by atoms with E-state index < -0.39 is 10.0 Å². The molecule has 2 aromatic carbocycles. The average molecular weight is 478 g/mol. The first kappa shape index (κ1) is 19.2.